The van der Waals surface area contributed by atoms with Crippen molar-refractivity contribution in [3.63, 3.8) is 0 Å². The summed E-state index contributed by atoms with van der Waals surface area (Å²) in [5, 5.41) is 6.84. The van der Waals surface area contributed by atoms with Crippen LogP contribution in [0.2, 0.25) is 0 Å². The van der Waals surface area contributed by atoms with Gasteiger partial charge in [-0.2, -0.15) is 0 Å². The van der Waals surface area contributed by atoms with Gasteiger partial charge in [0.25, 0.3) is 0 Å². The molecule has 1 unspecified atom stereocenters. The van der Waals surface area contributed by atoms with E-state index in [1.54, 1.807) is 0 Å². The Labute approximate surface area is 151 Å². The molecule has 124 valence electrons. The first-order chi connectivity index (χ1) is 10.3. The first-order valence-electron chi connectivity index (χ1n) is 8.02. The number of aliphatic imine (C=N–C) groups is 1. The monoisotopic (exact) mass is 416 g/mol. The van der Waals surface area contributed by atoms with Crippen molar-refractivity contribution in [3.8, 4) is 0 Å². The second kappa shape index (κ2) is 10.8. The van der Waals surface area contributed by atoms with Gasteiger partial charge in [0.05, 0.1) is 0 Å². The number of piperidine rings is 1. The number of nitrogens with one attached hydrogen (secondary N) is 2. The molecule has 0 aromatic heterocycles. The maximum absolute atomic E-state index is 4.31. The van der Waals surface area contributed by atoms with Gasteiger partial charge >= 0.3 is 0 Å². The topological polar surface area (TPSA) is 39.7 Å². The Morgan fingerprint density at radius 1 is 1.27 bits per heavy atom. The lowest BCUT2D eigenvalue weighted by molar-refractivity contribution is 0.183. The molecule has 5 heteroatoms. The molecule has 1 atom stereocenters. The highest BCUT2D eigenvalue weighted by Gasteiger charge is 2.18. The third-order valence-corrected chi connectivity index (χ3v) is 4.13. The highest BCUT2D eigenvalue weighted by atomic mass is 127. The number of guanidine groups is 1. The zero-order valence-corrected chi connectivity index (χ0v) is 16.0. The number of hydrogen-bond donors (Lipinski definition) is 2. The molecule has 2 N–H and O–H groups in total. The van der Waals surface area contributed by atoms with Crippen LogP contribution in [0.1, 0.15) is 25.3 Å². The van der Waals surface area contributed by atoms with Crippen LogP contribution in [0.4, 0.5) is 0 Å². The van der Waals surface area contributed by atoms with Gasteiger partial charge in [0.15, 0.2) is 5.96 Å². The first-order valence-corrected chi connectivity index (χ1v) is 8.02. The summed E-state index contributed by atoms with van der Waals surface area (Å²) < 4.78 is 0. The number of halogens is 1. The molecule has 1 aliphatic rings. The Morgan fingerprint density at radius 2 is 2.05 bits per heavy atom. The lowest BCUT2D eigenvalue weighted by Crippen LogP contribution is -2.44. The molecule has 4 nitrogen and oxygen atoms in total. The Hall–Kier alpha value is -0.820. The third kappa shape index (κ3) is 6.52. The van der Waals surface area contributed by atoms with Crippen molar-refractivity contribution < 1.29 is 0 Å². The molecule has 1 fully saturated rings. The molecule has 22 heavy (non-hydrogen) atoms. The van der Waals surface area contributed by atoms with Crippen LogP contribution in [0.15, 0.2) is 35.3 Å². The van der Waals surface area contributed by atoms with Crippen molar-refractivity contribution in [2.45, 2.75) is 26.3 Å². The van der Waals surface area contributed by atoms with E-state index in [0.29, 0.717) is 0 Å². The van der Waals surface area contributed by atoms with Gasteiger partial charge in [0.2, 0.25) is 0 Å². The normalized spacial score (nSPS) is 19.4. The van der Waals surface area contributed by atoms with Crippen LogP contribution in [-0.2, 0) is 6.54 Å². The highest BCUT2D eigenvalue weighted by Crippen LogP contribution is 2.15. The lowest BCUT2D eigenvalue weighted by Gasteiger charge is -2.32. The Morgan fingerprint density at radius 3 is 2.73 bits per heavy atom. The molecule has 2 rings (SSSR count). The minimum atomic E-state index is 0. The molecule has 1 aromatic rings. The van der Waals surface area contributed by atoms with Gasteiger partial charge in [-0.25, -0.2) is 0 Å². The molecule has 0 saturated carbocycles. The number of likely N-dealkylation sites (tertiary alicyclic amines) is 1. The summed E-state index contributed by atoms with van der Waals surface area (Å²) in [6.45, 7) is 7.69. The fourth-order valence-corrected chi connectivity index (χ4v) is 2.85. The van der Waals surface area contributed by atoms with Gasteiger partial charge < -0.3 is 15.5 Å². The number of rotatable bonds is 5. The predicted molar refractivity (Wildman–Crippen MR) is 105 cm³/mol. The van der Waals surface area contributed by atoms with E-state index in [1.807, 2.05) is 13.1 Å². The average molecular weight is 416 g/mol. The van der Waals surface area contributed by atoms with Crippen LogP contribution >= 0.6 is 24.0 Å². The van der Waals surface area contributed by atoms with E-state index >= 15 is 0 Å². The highest BCUT2D eigenvalue weighted by molar-refractivity contribution is 14.0. The van der Waals surface area contributed by atoms with Crippen molar-refractivity contribution in [1.29, 1.82) is 0 Å². The van der Waals surface area contributed by atoms with Crippen molar-refractivity contribution in [2.75, 3.05) is 33.2 Å². The van der Waals surface area contributed by atoms with E-state index in [1.165, 1.54) is 31.5 Å². The van der Waals surface area contributed by atoms with E-state index in [-0.39, 0.29) is 24.0 Å². The van der Waals surface area contributed by atoms with E-state index < -0.39 is 0 Å². The van der Waals surface area contributed by atoms with Gasteiger partial charge in [-0.15, -0.1) is 24.0 Å². The molecule has 0 radical (unpaired) electrons. The van der Waals surface area contributed by atoms with Gasteiger partial charge in [-0.05, 0) is 37.4 Å². The minimum absolute atomic E-state index is 0. The summed E-state index contributed by atoms with van der Waals surface area (Å²) >= 11 is 0. The lowest BCUT2D eigenvalue weighted by atomic mass is 9.98. The minimum Gasteiger partial charge on any atom is -0.356 e. The van der Waals surface area contributed by atoms with Crippen molar-refractivity contribution in [2.24, 2.45) is 10.9 Å². The molecular weight excluding hydrogens is 387 g/mol. The predicted octanol–water partition coefficient (Wildman–Crippen LogP) is 2.70. The summed E-state index contributed by atoms with van der Waals surface area (Å²) in [5.41, 5.74) is 1.27. The SMILES string of the molecule is CCN1CCCC(CNC(=NC)NCc2ccccc2)C1.I. The van der Waals surface area contributed by atoms with Gasteiger partial charge in [-0.3, -0.25) is 4.99 Å². The maximum atomic E-state index is 4.31. The summed E-state index contributed by atoms with van der Waals surface area (Å²) in [5.74, 6) is 1.63. The Bertz CT molecular complexity index is 436. The van der Waals surface area contributed by atoms with E-state index in [0.717, 1.165) is 31.5 Å². The molecule has 0 aliphatic carbocycles. The smallest absolute Gasteiger partial charge is 0.191 e. The van der Waals surface area contributed by atoms with E-state index in [9.17, 15) is 0 Å². The molecule has 1 aliphatic heterocycles. The third-order valence-electron chi connectivity index (χ3n) is 4.13. The molecular formula is C17H29IN4. The van der Waals surface area contributed by atoms with Crippen LogP contribution in [-0.4, -0.2) is 44.1 Å². The fraction of sp³-hybridized carbons (Fsp3) is 0.588. The molecule has 0 spiro atoms. The van der Waals surface area contributed by atoms with Gasteiger partial charge in [0, 0.05) is 26.7 Å². The van der Waals surface area contributed by atoms with E-state index in [2.05, 4.69) is 51.7 Å². The van der Waals surface area contributed by atoms with Crippen molar-refractivity contribution in [1.82, 2.24) is 15.5 Å². The number of benzene rings is 1. The molecule has 0 bridgehead atoms. The fourth-order valence-electron chi connectivity index (χ4n) is 2.85. The summed E-state index contributed by atoms with van der Waals surface area (Å²) in [4.78, 5) is 6.85. The number of hydrogen-bond acceptors (Lipinski definition) is 2. The molecule has 1 aromatic carbocycles. The maximum Gasteiger partial charge on any atom is 0.191 e. The summed E-state index contributed by atoms with van der Waals surface area (Å²) in [7, 11) is 1.83. The zero-order chi connectivity index (χ0) is 14.9. The second-order valence-electron chi connectivity index (χ2n) is 5.69. The quantitative estimate of drug-likeness (QED) is 0.441. The van der Waals surface area contributed by atoms with Crippen LogP contribution in [0, 0.1) is 5.92 Å². The van der Waals surface area contributed by atoms with Crippen LogP contribution in [0.5, 0.6) is 0 Å². The first kappa shape index (κ1) is 19.2. The summed E-state index contributed by atoms with van der Waals surface area (Å²) in [6.07, 6.45) is 2.63. The molecule has 1 saturated heterocycles. The number of nitrogens with zero attached hydrogens (tertiary/aromatic N) is 2. The largest absolute Gasteiger partial charge is 0.356 e. The second-order valence-corrected chi connectivity index (χ2v) is 5.69. The zero-order valence-electron chi connectivity index (χ0n) is 13.7. The Kier molecular flexibility index (Phi) is 9.47. The Balaban J connectivity index is 0.00000242. The van der Waals surface area contributed by atoms with Crippen molar-refractivity contribution in [3.05, 3.63) is 35.9 Å². The van der Waals surface area contributed by atoms with Gasteiger partial charge in [0.1, 0.15) is 0 Å². The average Bonchev–Trinajstić information content (AvgIpc) is 2.56. The van der Waals surface area contributed by atoms with E-state index in [4.69, 9.17) is 0 Å². The molecule has 1 heterocycles. The van der Waals surface area contributed by atoms with Crippen molar-refractivity contribution >= 4 is 29.9 Å². The van der Waals surface area contributed by atoms with Crippen LogP contribution < -0.4 is 10.6 Å². The van der Waals surface area contributed by atoms with Gasteiger partial charge in [-0.1, -0.05) is 37.3 Å². The standard InChI is InChI=1S/C17H28N4.HI/c1-3-21-11-7-10-16(14-21)13-20-17(18-2)19-12-15-8-5-4-6-9-15;/h4-6,8-9,16H,3,7,10-14H2,1-2H3,(H2,18,19,20);1H. The van der Waals surface area contributed by atoms with Crippen LogP contribution in [0.25, 0.3) is 0 Å². The summed E-state index contributed by atoms with van der Waals surface area (Å²) in [6, 6.07) is 10.4. The molecule has 0 amide bonds. The van der Waals surface area contributed by atoms with Crippen LogP contribution in [0.3, 0.4) is 0 Å².